The fourth-order valence-electron chi connectivity index (χ4n) is 3.04. The van der Waals surface area contributed by atoms with E-state index >= 15 is 0 Å². The first-order valence-electron chi connectivity index (χ1n) is 8.90. The number of H-pyrrole nitrogens is 1. The van der Waals surface area contributed by atoms with Crippen LogP contribution in [-0.2, 0) is 17.8 Å². The van der Waals surface area contributed by atoms with E-state index in [-0.39, 0.29) is 23.2 Å². The standard InChI is InChI=1S/C19H18FN7O2/c1-11-9-16-26(2)19(29)14(7-8-27(16)25-11)21-18(28)17-22-15(23-24-17)10-12-3-5-13(20)6-4-12/h3-7,9H,8,10H2,1-2H3,(H,21,28)(H,22,23,24). The number of amides is 2. The highest BCUT2D eigenvalue weighted by atomic mass is 19.1. The molecule has 3 aromatic rings. The van der Waals surface area contributed by atoms with Crippen molar-refractivity contribution in [2.24, 2.45) is 0 Å². The van der Waals surface area contributed by atoms with E-state index in [1.54, 1.807) is 36.0 Å². The maximum absolute atomic E-state index is 13.0. The predicted octanol–water partition coefficient (Wildman–Crippen LogP) is 1.33. The van der Waals surface area contributed by atoms with Gasteiger partial charge in [0.05, 0.1) is 12.2 Å². The summed E-state index contributed by atoms with van der Waals surface area (Å²) in [7, 11) is 1.62. The van der Waals surface area contributed by atoms with E-state index < -0.39 is 5.91 Å². The molecule has 29 heavy (non-hydrogen) atoms. The Kier molecular flexibility index (Phi) is 4.67. The maximum Gasteiger partial charge on any atom is 0.295 e. The van der Waals surface area contributed by atoms with Crippen molar-refractivity contribution in [3.8, 4) is 0 Å². The molecule has 0 saturated heterocycles. The van der Waals surface area contributed by atoms with Crippen LogP contribution >= 0.6 is 0 Å². The number of fused-ring (bicyclic) bond motifs is 1. The van der Waals surface area contributed by atoms with Gasteiger partial charge in [0.25, 0.3) is 11.8 Å². The highest BCUT2D eigenvalue weighted by molar-refractivity contribution is 6.08. The molecule has 2 N–H and O–H groups in total. The molecule has 0 saturated carbocycles. The Bertz CT molecular complexity index is 1110. The number of allylic oxidation sites excluding steroid dienone is 1. The molecule has 4 rings (SSSR count). The summed E-state index contributed by atoms with van der Waals surface area (Å²) in [4.78, 5) is 30.8. The van der Waals surface area contributed by atoms with Gasteiger partial charge >= 0.3 is 0 Å². The number of nitrogens with zero attached hydrogens (tertiary/aromatic N) is 5. The Balaban J connectivity index is 1.47. The number of hydrogen-bond donors (Lipinski definition) is 2. The van der Waals surface area contributed by atoms with Crippen molar-refractivity contribution in [1.82, 2.24) is 30.3 Å². The highest BCUT2D eigenvalue weighted by Crippen LogP contribution is 2.19. The van der Waals surface area contributed by atoms with Gasteiger partial charge < -0.3 is 5.32 Å². The minimum absolute atomic E-state index is 0.0868. The van der Waals surface area contributed by atoms with Gasteiger partial charge in [0.15, 0.2) is 0 Å². The number of aryl methyl sites for hydroxylation is 1. The summed E-state index contributed by atoms with van der Waals surface area (Å²) in [5.74, 6) is -0.274. The van der Waals surface area contributed by atoms with Crippen molar-refractivity contribution in [3.63, 3.8) is 0 Å². The van der Waals surface area contributed by atoms with Crippen LogP contribution in [0.1, 0.15) is 27.7 Å². The molecule has 2 aromatic heterocycles. The van der Waals surface area contributed by atoms with Crippen molar-refractivity contribution in [2.45, 2.75) is 19.9 Å². The zero-order chi connectivity index (χ0) is 20.5. The SMILES string of the molecule is Cc1cc2n(n1)CC=C(NC(=O)c1n[nH]c(Cc3ccc(F)cc3)n1)C(=O)N2C. The number of nitrogens with one attached hydrogen (secondary N) is 2. The smallest absolute Gasteiger partial charge is 0.295 e. The molecule has 1 aromatic carbocycles. The number of carbonyl (C=O) groups is 2. The molecule has 148 valence electrons. The zero-order valence-electron chi connectivity index (χ0n) is 15.8. The van der Waals surface area contributed by atoms with Crippen molar-refractivity contribution in [1.29, 1.82) is 0 Å². The lowest BCUT2D eigenvalue weighted by Gasteiger charge is -2.16. The summed E-state index contributed by atoms with van der Waals surface area (Å²) in [5, 5.41) is 13.5. The van der Waals surface area contributed by atoms with E-state index in [0.717, 1.165) is 11.3 Å². The largest absolute Gasteiger partial charge is 0.315 e. The lowest BCUT2D eigenvalue weighted by atomic mass is 10.1. The Morgan fingerprint density at radius 2 is 2.07 bits per heavy atom. The average Bonchev–Trinajstić information content (AvgIpc) is 3.29. The van der Waals surface area contributed by atoms with Crippen molar-refractivity contribution >= 4 is 17.6 Å². The summed E-state index contributed by atoms with van der Waals surface area (Å²) >= 11 is 0. The fourth-order valence-corrected chi connectivity index (χ4v) is 3.04. The summed E-state index contributed by atoms with van der Waals surface area (Å²) in [6, 6.07) is 7.77. The first kappa shape index (κ1) is 18.5. The van der Waals surface area contributed by atoms with Crippen LogP contribution in [0.25, 0.3) is 0 Å². The molecule has 10 heteroatoms. The maximum atomic E-state index is 13.0. The molecule has 0 aliphatic carbocycles. The molecule has 2 amide bonds. The number of likely N-dealkylation sites (N-methyl/N-ethyl adjacent to an activating group) is 1. The van der Waals surface area contributed by atoms with Gasteiger partial charge in [-0.15, -0.1) is 5.10 Å². The summed E-state index contributed by atoms with van der Waals surface area (Å²) in [5.41, 5.74) is 1.75. The number of aromatic nitrogens is 5. The number of halogens is 1. The minimum Gasteiger partial charge on any atom is -0.315 e. The van der Waals surface area contributed by atoms with Gasteiger partial charge in [-0.3, -0.25) is 19.6 Å². The van der Waals surface area contributed by atoms with Gasteiger partial charge in [-0.05, 0) is 30.7 Å². The Labute approximate surface area is 165 Å². The second-order valence-corrected chi connectivity index (χ2v) is 6.67. The summed E-state index contributed by atoms with van der Waals surface area (Å²) < 4.78 is 14.7. The van der Waals surface area contributed by atoms with E-state index in [1.165, 1.54) is 17.0 Å². The molecule has 1 aliphatic heterocycles. The van der Waals surface area contributed by atoms with E-state index in [9.17, 15) is 14.0 Å². The number of benzene rings is 1. The molecular weight excluding hydrogens is 377 g/mol. The van der Waals surface area contributed by atoms with Crippen LogP contribution < -0.4 is 10.2 Å². The first-order chi connectivity index (χ1) is 13.9. The normalized spacial score (nSPS) is 13.7. The van der Waals surface area contributed by atoms with Gasteiger partial charge in [0.1, 0.15) is 23.2 Å². The molecule has 3 heterocycles. The van der Waals surface area contributed by atoms with E-state index in [2.05, 4.69) is 25.6 Å². The molecule has 9 nitrogen and oxygen atoms in total. The third-order valence-corrected chi connectivity index (χ3v) is 4.50. The number of rotatable bonds is 4. The van der Waals surface area contributed by atoms with Crippen LogP contribution in [0, 0.1) is 12.7 Å². The monoisotopic (exact) mass is 395 g/mol. The Morgan fingerprint density at radius 1 is 1.31 bits per heavy atom. The van der Waals surface area contributed by atoms with Crippen LogP contribution in [0.5, 0.6) is 0 Å². The van der Waals surface area contributed by atoms with Gasteiger partial charge in [-0.25, -0.2) is 14.1 Å². The van der Waals surface area contributed by atoms with Gasteiger partial charge in [-0.2, -0.15) is 5.10 Å². The zero-order valence-corrected chi connectivity index (χ0v) is 15.8. The predicted molar refractivity (Wildman–Crippen MR) is 102 cm³/mol. The van der Waals surface area contributed by atoms with Gasteiger partial charge in [0, 0.05) is 19.5 Å². The number of aromatic amines is 1. The van der Waals surface area contributed by atoms with Crippen LogP contribution in [-0.4, -0.2) is 43.8 Å². The van der Waals surface area contributed by atoms with Crippen LogP contribution in [0.3, 0.4) is 0 Å². The van der Waals surface area contributed by atoms with Crippen molar-refractivity contribution in [2.75, 3.05) is 11.9 Å². The number of carbonyl (C=O) groups excluding carboxylic acids is 2. The molecule has 0 spiro atoms. The molecule has 0 unspecified atom stereocenters. The second kappa shape index (κ2) is 7.30. The van der Waals surface area contributed by atoms with Gasteiger partial charge in [-0.1, -0.05) is 12.1 Å². The topological polar surface area (TPSA) is 109 Å². The Morgan fingerprint density at radius 3 is 2.83 bits per heavy atom. The number of anilines is 1. The van der Waals surface area contributed by atoms with Crippen LogP contribution in [0.15, 0.2) is 42.1 Å². The van der Waals surface area contributed by atoms with Crippen molar-refractivity contribution in [3.05, 3.63) is 70.8 Å². The van der Waals surface area contributed by atoms with Crippen molar-refractivity contribution < 1.29 is 14.0 Å². The molecular formula is C19H18FN7O2. The van der Waals surface area contributed by atoms with Crippen LogP contribution in [0.2, 0.25) is 0 Å². The first-order valence-corrected chi connectivity index (χ1v) is 8.90. The average molecular weight is 395 g/mol. The minimum atomic E-state index is -0.602. The fraction of sp³-hybridized carbons (Fsp3) is 0.211. The third-order valence-electron chi connectivity index (χ3n) is 4.50. The van der Waals surface area contributed by atoms with Crippen LogP contribution in [0.4, 0.5) is 10.2 Å². The third kappa shape index (κ3) is 3.77. The summed E-state index contributed by atoms with van der Waals surface area (Å²) in [6.07, 6.45) is 1.97. The van der Waals surface area contributed by atoms with E-state index in [4.69, 9.17) is 0 Å². The Hall–Kier alpha value is -3.82. The summed E-state index contributed by atoms with van der Waals surface area (Å²) in [6.45, 7) is 2.19. The quantitative estimate of drug-likeness (QED) is 0.693. The molecule has 0 radical (unpaired) electrons. The molecule has 0 fully saturated rings. The second-order valence-electron chi connectivity index (χ2n) is 6.67. The van der Waals surface area contributed by atoms with Gasteiger partial charge in [0.2, 0.25) is 5.82 Å². The lowest BCUT2D eigenvalue weighted by Crippen LogP contribution is -2.36. The molecule has 0 atom stereocenters. The molecule has 0 bridgehead atoms. The number of hydrogen-bond acceptors (Lipinski definition) is 5. The molecule has 1 aliphatic rings. The van der Waals surface area contributed by atoms with E-state index in [0.29, 0.717) is 24.6 Å². The highest BCUT2D eigenvalue weighted by Gasteiger charge is 2.25. The lowest BCUT2D eigenvalue weighted by molar-refractivity contribution is -0.115. The van der Waals surface area contributed by atoms with E-state index in [1.807, 2.05) is 6.92 Å².